The molecule has 1 atom stereocenters. The molecule has 5 nitrogen and oxygen atoms in total. The van der Waals surface area contributed by atoms with Crippen molar-refractivity contribution in [2.45, 2.75) is 26.2 Å². The third-order valence-electron chi connectivity index (χ3n) is 4.14. The summed E-state index contributed by atoms with van der Waals surface area (Å²) in [5.41, 5.74) is 2.29. The number of aromatic nitrogens is 1. The van der Waals surface area contributed by atoms with Crippen molar-refractivity contribution in [1.29, 1.82) is 0 Å². The molecular weight excluding hydrogens is 342 g/mol. The van der Waals surface area contributed by atoms with Crippen molar-refractivity contribution in [2.75, 3.05) is 38.0 Å². The molecule has 0 N–H and O–H groups in total. The molecule has 1 aliphatic heterocycles. The first kappa shape index (κ1) is 17.7. The largest absolute Gasteiger partial charge is 0.372 e. The van der Waals surface area contributed by atoms with Gasteiger partial charge in [0.15, 0.2) is 6.29 Å². The van der Waals surface area contributed by atoms with E-state index in [4.69, 9.17) is 19.5 Å². The van der Waals surface area contributed by atoms with Crippen LogP contribution in [0.1, 0.15) is 18.9 Å². The highest BCUT2D eigenvalue weighted by molar-refractivity contribution is 8.15. The number of fused-ring (bicyclic) bond motifs is 1. The van der Waals surface area contributed by atoms with E-state index in [0.29, 0.717) is 0 Å². The fourth-order valence-corrected chi connectivity index (χ4v) is 4.98. The van der Waals surface area contributed by atoms with Gasteiger partial charge in [-0.1, -0.05) is 0 Å². The Hall–Kier alpha value is -1.15. The number of thioether (sulfide) groups is 1. The van der Waals surface area contributed by atoms with E-state index in [0.717, 1.165) is 34.4 Å². The molecule has 1 aromatic heterocycles. The first-order valence-electron chi connectivity index (χ1n) is 8.12. The lowest BCUT2D eigenvalue weighted by Crippen LogP contribution is -2.28. The average Bonchev–Trinajstić information content (AvgIpc) is 3.23. The summed E-state index contributed by atoms with van der Waals surface area (Å²) in [5.74, 6) is 0.863. The lowest BCUT2D eigenvalue weighted by Gasteiger charge is -2.20. The van der Waals surface area contributed by atoms with E-state index in [-0.39, 0.29) is 12.3 Å². The lowest BCUT2D eigenvalue weighted by molar-refractivity contribution is -0.111. The van der Waals surface area contributed by atoms with Crippen LogP contribution in [0.4, 0.5) is 5.69 Å². The molecule has 1 aromatic carbocycles. The number of benzene rings is 1. The summed E-state index contributed by atoms with van der Waals surface area (Å²) in [5, 5.41) is 1.98. The van der Waals surface area contributed by atoms with Crippen molar-refractivity contribution < 1.29 is 9.47 Å². The van der Waals surface area contributed by atoms with Crippen molar-refractivity contribution in [3.05, 3.63) is 23.2 Å². The Bertz CT molecular complexity index is 724. The number of hydrogen-bond donors (Lipinski definition) is 0. The van der Waals surface area contributed by atoms with Crippen molar-refractivity contribution in [3.8, 4) is 0 Å². The summed E-state index contributed by atoms with van der Waals surface area (Å²) in [6.45, 7) is 6.37. The van der Waals surface area contributed by atoms with Gasteiger partial charge in [-0.25, -0.2) is 4.98 Å². The highest BCUT2D eigenvalue weighted by atomic mass is 32.2. The van der Waals surface area contributed by atoms with Crippen molar-refractivity contribution >= 4 is 44.0 Å². The summed E-state index contributed by atoms with van der Waals surface area (Å²) >= 11 is 3.43. The van der Waals surface area contributed by atoms with Crippen LogP contribution in [0, 0.1) is 0 Å². The van der Waals surface area contributed by atoms with Crippen LogP contribution in [0.15, 0.2) is 23.2 Å². The Morgan fingerprint density at radius 3 is 2.67 bits per heavy atom. The van der Waals surface area contributed by atoms with Crippen LogP contribution in [-0.4, -0.2) is 55.4 Å². The Balaban J connectivity index is 1.87. The summed E-state index contributed by atoms with van der Waals surface area (Å²) in [7, 11) is 3.30. The number of aliphatic imine (C=N–C) groups is 1. The van der Waals surface area contributed by atoms with E-state index < -0.39 is 0 Å². The number of hydrogen-bond acceptors (Lipinski definition) is 7. The maximum Gasteiger partial charge on any atom is 0.179 e. The van der Waals surface area contributed by atoms with Crippen LogP contribution in [-0.2, 0) is 9.47 Å². The minimum atomic E-state index is -0.293. The van der Waals surface area contributed by atoms with Gasteiger partial charge in [-0.3, -0.25) is 4.99 Å². The normalized spacial score (nSPS) is 17.7. The predicted octanol–water partition coefficient (Wildman–Crippen LogP) is 3.62. The lowest BCUT2D eigenvalue weighted by atomic mass is 10.2. The van der Waals surface area contributed by atoms with Gasteiger partial charge >= 0.3 is 0 Å². The van der Waals surface area contributed by atoms with Gasteiger partial charge in [0.1, 0.15) is 16.1 Å². The van der Waals surface area contributed by atoms with Gasteiger partial charge < -0.3 is 14.4 Å². The number of rotatable bonds is 7. The Labute approximate surface area is 151 Å². The maximum atomic E-state index is 5.33. The van der Waals surface area contributed by atoms with E-state index in [1.807, 2.05) is 0 Å². The van der Waals surface area contributed by atoms with E-state index in [2.05, 4.69) is 36.9 Å². The van der Waals surface area contributed by atoms with Crippen LogP contribution in [0.3, 0.4) is 0 Å². The van der Waals surface area contributed by atoms with E-state index >= 15 is 0 Å². The molecule has 0 unspecified atom stereocenters. The molecule has 2 heterocycles. The van der Waals surface area contributed by atoms with Crippen LogP contribution in [0.25, 0.3) is 10.2 Å². The molecule has 0 amide bonds. The van der Waals surface area contributed by atoms with E-state index in [1.54, 1.807) is 37.3 Å². The summed E-state index contributed by atoms with van der Waals surface area (Å²) < 4.78 is 11.9. The topological polar surface area (TPSA) is 47.0 Å². The van der Waals surface area contributed by atoms with Crippen molar-refractivity contribution in [3.63, 3.8) is 0 Å². The van der Waals surface area contributed by atoms with Gasteiger partial charge in [0, 0.05) is 38.7 Å². The second-order valence-corrected chi connectivity index (χ2v) is 7.54. The first-order valence-corrected chi connectivity index (χ1v) is 9.92. The predicted molar refractivity (Wildman–Crippen MR) is 104 cm³/mol. The third-order valence-corrected chi connectivity index (χ3v) is 6.37. The third kappa shape index (κ3) is 3.44. The molecule has 1 aliphatic rings. The van der Waals surface area contributed by atoms with Gasteiger partial charge in [0.05, 0.1) is 10.2 Å². The van der Waals surface area contributed by atoms with Crippen LogP contribution < -0.4 is 4.90 Å². The fraction of sp³-hybridized carbons (Fsp3) is 0.529. The van der Waals surface area contributed by atoms with Gasteiger partial charge in [0.2, 0.25) is 0 Å². The maximum absolute atomic E-state index is 5.33. The van der Waals surface area contributed by atoms with Crippen molar-refractivity contribution in [1.82, 2.24) is 4.98 Å². The Morgan fingerprint density at radius 1 is 1.25 bits per heavy atom. The average molecular weight is 366 g/mol. The van der Waals surface area contributed by atoms with Gasteiger partial charge in [-0.15, -0.1) is 23.1 Å². The van der Waals surface area contributed by atoms with E-state index in [9.17, 15) is 0 Å². The zero-order chi connectivity index (χ0) is 17.1. The molecular formula is C17H23N3O2S2. The fourth-order valence-electron chi connectivity index (χ4n) is 2.85. The molecule has 24 heavy (non-hydrogen) atoms. The first-order chi connectivity index (χ1) is 11.7. The number of ether oxygens (including phenoxy) is 2. The molecule has 0 fully saturated rings. The molecule has 0 saturated heterocycles. The highest BCUT2D eigenvalue weighted by Crippen LogP contribution is 2.32. The summed E-state index contributed by atoms with van der Waals surface area (Å²) in [6, 6.07) is 6.51. The van der Waals surface area contributed by atoms with Gasteiger partial charge in [0.25, 0.3) is 0 Å². The molecule has 7 heteroatoms. The van der Waals surface area contributed by atoms with E-state index in [1.165, 1.54) is 10.4 Å². The zero-order valence-corrected chi connectivity index (χ0v) is 16.1. The Morgan fingerprint density at radius 2 is 2.00 bits per heavy atom. The molecule has 2 aromatic rings. The van der Waals surface area contributed by atoms with Crippen LogP contribution in [0.5, 0.6) is 0 Å². The standard InChI is InChI=1S/C17H23N3O2S2/c1-5-20(6-2)11-7-8-12-14(9-11)24-16(18-12)15-19-13(10-23-15)17(21-3)22-4/h7-9,13,17H,5-6,10H2,1-4H3/t13-/m1/s1. The number of anilines is 1. The highest BCUT2D eigenvalue weighted by Gasteiger charge is 2.28. The van der Waals surface area contributed by atoms with Gasteiger partial charge in [-0.2, -0.15) is 0 Å². The number of thiazole rings is 1. The second-order valence-electron chi connectivity index (χ2n) is 5.50. The molecule has 0 aliphatic carbocycles. The summed E-state index contributed by atoms with van der Waals surface area (Å²) in [6.07, 6.45) is -0.293. The molecule has 0 saturated carbocycles. The Kier molecular flexibility index (Phi) is 5.76. The minimum absolute atomic E-state index is 0.0262. The monoisotopic (exact) mass is 365 g/mol. The minimum Gasteiger partial charge on any atom is -0.372 e. The number of nitrogens with zero attached hydrogens (tertiary/aromatic N) is 3. The molecule has 0 radical (unpaired) electrons. The quantitative estimate of drug-likeness (QED) is 0.701. The van der Waals surface area contributed by atoms with Gasteiger partial charge in [-0.05, 0) is 32.0 Å². The second kappa shape index (κ2) is 7.82. The zero-order valence-electron chi connectivity index (χ0n) is 14.5. The van der Waals surface area contributed by atoms with Crippen LogP contribution >= 0.6 is 23.1 Å². The molecule has 130 valence electrons. The number of methoxy groups -OCH3 is 2. The molecule has 0 bridgehead atoms. The summed E-state index contributed by atoms with van der Waals surface area (Å²) in [4.78, 5) is 11.9. The van der Waals surface area contributed by atoms with Crippen LogP contribution in [0.2, 0.25) is 0 Å². The van der Waals surface area contributed by atoms with Crippen molar-refractivity contribution in [2.24, 2.45) is 4.99 Å². The molecule has 0 spiro atoms. The smallest absolute Gasteiger partial charge is 0.179 e. The SMILES string of the molecule is CCN(CC)c1ccc2nc(C3=N[C@@H](C(OC)OC)CS3)sc2c1. The molecule has 3 rings (SSSR count).